The zero-order chi connectivity index (χ0) is 13.9. The van der Waals surface area contributed by atoms with Crippen molar-refractivity contribution >= 4 is 0 Å². The number of rotatable bonds is 4. The van der Waals surface area contributed by atoms with Crippen LogP contribution in [-0.4, -0.2) is 35.8 Å². The molecule has 106 valence electrons. The lowest BCUT2D eigenvalue weighted by Gasteiger charge is -2.37. The van der Waals surface area contributed by atoms with Gasteiger partial charge in [-0.1, -0.05) is 12.1 Å². The highest BCUT2D eigenvalue weighted by Crippen LogP contribution is 2.28. The number of likely N-dealkylation sites (tertiary alicyclic amines) is 1. The Kier molecular flexibility index (Phi) is 4.48. The standard InChI is InChI=1S/C16H25NO2/c1-16(2,18)14-8-10-17(11-9-14)12-13-4-6-15(19-3)7-5-13/h4-7,14,18H,8-12H2,1-3H3. The van der Waals surface area contributed by atoms with Crippen molar-refractivity contribution in [2.75, 3.05) is 20.2 Å². The van der Waals surface area contributed by atoms with Crippen LogP contribution in [0.25, 0.3) is 0 Å². The zero-order valence-electron chi connectivity index (χ0n) is 12.2. The molecule has 1 aliphatic rings. The molecule has 0 bridgehead atoms. The molecule has 0 atom stereocenters. The van der Waals surface area contributed by atoms with E-state index in [9.17, 15) is 5.11 Å². The molecular formula is C16H25NO2. The third-order valence-corrected chi connectivity index (χ3v) is 4.15. The van der Waals surface area contributed by atoms with Gasteiger partial charge in [0.2, 0.25) is 0 Å². The van der Waals surface area contributed by atoms with Crippen LogP contribution < -0.4 is 4.74 Å². The van der Waals surface area contributed by atoms with Crippen molar-refractivity contribution in [2.24, 2.45) is 5.92 Å². The maximum atomic E-state index is 10.0. The molecule has 1 aromatic rings. The maximum absolute atomic E-state index is 10.0. The Bertz CT molecular complexity index is 386. The van der Waals surface area contributed by atoms with Crippen LogP contribution in [0.3, 0.4) is 0 Å². The van der Waals surface area contributed by atoms with Gasteiger partial charge in [-0.25, -0.2) is 0 Å². The summed E-state index contributed by atoms with van der Waals surface area (Å²) in [5.74, 6) is 1.34. The highest BCUT2D eigenvalue weighted by Gasteiger charge is 2.30. The van der Waals surface area contributed by atoms with E-state index in [0.29, 0.717) is 5.92 Å². The molecule has 2 rings (SSSR count). The number of piperidine rings is 1. The quantitative estimate of drug-likeness (QED) is 0.906. The molecule has 3 nitrogen and oxygen atoms in total. The predicted molar refractivity (Wildman–Crippen MR) is 77.3 cm³/mol. The Morgan fingerprint density at radius 2 is 1.79 bits per heavy atom. The lowest BCUT2D eigenvalue weighted by Crippen LogP contribution is -2.41. The Hall–Kier alpha value is -1.06. The summed E-state index contributed by atoms with van der Waals surface area (Å²) >= 11 is 0. The van der Waals surface area contributed by atoms with E-state index in [0.717, 1.165) is 38.2 Å². The summed E-state index contributed by atoms with van der Waals surface area (Å²) in [6.07, 6.45) is 2.17. The molecule has 0 aliphatic carbocycles. The minimum atomic E-state index is -0.536. The molecule has 0 saturated carbocycles. The Morgan fingerprint density at radius 1 is 1.21 bits per heavy atom. The average Bonchev–Trinajstić information content (AvgIpc) is 2.39. The van der Waals surface area contributed by atoms with E-state index in [1.165, 1.54) is 5.56 Å². The van der Waals surface area contributed by atoms with Crippen LogP contribution in [0.2, 0.25) is 0 Å². The van der Waals surface area contributed by atoms with E-state index >= 15 is 0 Å². The van der Waals surface area contributed by atoms with Gasteiger partial charge in [0.05, 0.1) is 12.7 Å². The zero-order valence-corrected chi connectivity index (χ0v) is 12.2. The van der Waals surface area contributed by atoms with E-state index in [-0.39, 0.29) is 0 Å². The number of ether oxygens (including phenoxy) is 1. The van der Waals surface area contributed by atoms with Gasteiger partial charge in [-0.05, 0) is 63.4 Å². The molecule has 1 aromatic carbocycles. The van der Waals surface area contributed by atoms with Crippen molar-refractivity contribution in [3.8, 4) is 5.75 Å². The number of methoxy groups -OCH3 is 1. The molecule has 1 heterocycles. The summed E-state index contributed by atoms with van der Waals surface area (Å²) in [4.78, 5) is 2.46. The summed E-state index contributed by atoms with van der Waals surface area (Å²) in [7, 11) is 1.69. The number of hydrogen-bond donors (Lipinski definition) is 1. The summed E-state index contributed by atoms with van der Waals surface area (Å²) < 4.78 is 5.17. The molecule has 0 unspecified atom stereocenters. The van der Waals surface area contributed by atoms with Crippen molar-refractivity contribution < 1.29 is 9.84 Å². The average molecular weight is 263 g/mol. The van der Waals surface area contributed by atoms with Crippen molar-refractivity contribution in [3.63, 3.8) is 0 Å². The molecule has 0 aromatic heterocycles. The monoisotopic (exact) mass is 263 g/mol. The van der Waals surface area contributed by atoms with Gasteiger partial charge < -0.3 is 9.84 Å². The molecule has 1 N–H and O–H groups in total. The second-order valence-electron chi connectivity index (χ2n) is 6.05. The normalized spacial score (nSPS) is 18.5. The SMILES string of the molecule is COc1ccc(CN2CCC(C(C)(C)O)CC2)cc1. The number of benzene rings is 1. The van der Waals surface area contributed by atoms with Gasteiger partial charge in [-0.3, -0.25) is 4.90 Å². The van der Waals surface area contributed by atoms with E-state index in [1.807, 2.05) is 26.0 Å². The van der Waals surface area contributed by atoms with E-state index in [2.05, 4.69) is 17.0 Å². The third-order valence-electron chi connectivity index (χ3n) is 4.15. The third kappa shape index (κ3) is 3.95. The highest BCUT2D eigenvalue weighted by molar-refractivity contribution is 5.27. The van der Waals surface area contributed by atoms with E-state index in [4.69, 9.17) is 4.74 Å². The predicted octanol–water partition coefficient (Wildman–Crippen LogP) is 2.68. The maximum Gasteiger partial charge on any atom is 0.118 e. The van der Waals surface area contributed by atoms with Crippen molar-refractivity contribution in [2.45, 2.75) is 38.8 Å². The molecule has 1 aliphatic heterocycles. The highest BCUT2D eigenvalue weighted by atomic mass is 16.5. The van der Waals surface area contributed by atoms with Crippen LogP contribution >= 0.6 is 0 Å². The molecule has 0 amide bonds. The van der Waals surface area contributed by atoms with Crippen LogP contribution in [-0.2, 0) is 6.54 Å². The Morgan fingerprint density at radius 3 is 2.26 bits per heavy atom. The van der Waals surface area contributed by atoms with Crippen molar-refractivity contribution in [1.82, 2.24) is 4.90 Å². The fourth-order valence-corrected chi connectivity index (χ4v) is 2.79. The minimum absolute atomic E-state index is 0.430. The van der Waals surface area contributed by atoms with E-state index < -0.39 is 5.60 Å². The van der Waals surface area contributed by atoms with Gasteiger partial charge >= 0.3 is 0 Å². The second-order valence-corrected chi connectivity index (χ2v) is 6.05. The minimum Gasteiger partial charge on any atom is -0.497 e. The van der Waals surface area contributed by atoms with Gasteiger partial charge in [-0.2, -0.15) is 0 Å². The largest absolute Gasteiger partial charge is 0.497 e. The summed E-state index contributed by atoms with van der Waals surface area (Å²) in [5, 5.41) is 10.0. The first-order chi connectivity index (χ1) is 8.99. The number of hydrogen-bond acceptors (Lipinski definition) is 3. The van der Waals surface area contributed by atoms with Gasteiger partial charge in [-0.15, -0.1) is 0 Å². The van der Waals surface area contributed by atoms with Gasteiger partial charge in [0.1, 0.15) is 5.75 Å². The smallest absolute Gasteiger partial charge is 0.118 e. The van der Waals surface area contributed by atoms with Gasteiger partial charge in [0.15, 0.2) is 0 Å². The number of aliphatic hydroxyl groups is 1. The topological polar surface area (TPSA) is 32.7 Å². The van der Waals surface area contributed by atoms with Gasteiger partial charge in [0.25, 0.3) is 0 Å². The first-order valence-corrected chi connectivity index (χ1v) is 7.06. The van der Waals surface area contributed by atoms with E-state index in [1.54, 1.807) is 7.11 Å². The second kappa shape index (κ2) is 5.93. The fraction of sp³-hybridized carbons (Fsp3) is 0.625. The van der Waals surface area contributed by atoms with Crippen LogP contribution in [0, 0.1) is 5.92 Å². The number of nitrogens with zero attached hydrogens (tertiary/aromatic N) is 1. The first-order valence-electron chi connectivity index (χ1n) is 7.06. The molecule has 3 heteroatoms. The van der Waals surface area contributed by atoms with Crippen LogP contribution in [0.15, 0.2) is 24.3 Å². The Balaban J connectivity index is 1.85. The first kappa shape index (κ1) is 14.4. The van der Waals surface area contributed by atoms with Crippen molar-refractivity contribution in [3.05, 3.63) is 29.8 Å². The summed E-state index contributed by atoms with van der Waals surface area (Å²) in [6, 6.07) is 8.28. The summed E-state index contributed by atoms with van der Waals surface area (Å²) in [5.41, 5.74) is 0.786. The molecule has 1 saturated heterocycles. The van der Waals surface area contributed by atoms with Crippen LogP contribution in [0.4, 0.5) is 0 Å². The molecule has 1 fully saturated rings. The van der Waals surface area contributed by atoms with Crippen LogP contribution in [0.5, 0.6) is 5.75 Å². The molecule has 0 radical (unpaired) electrons. The molecule has 0 spiro atoms. The molecule has 19 heavy (non-hydrogen) atoms. The van der Waals surface area contributed by atoms with Crippen molar-refractivity contribution in [1.29, 1.82) is 0 Å². The Labute approximate surface area is 116 Å². The van der Waals surface area contributed by atoms with Gasteiger partial charge in [0, 0.05) is 6.54 Å². The lowest BCUT2D eigenvalue weighted by molar-refractivity contribution is -0.0136. The lowest BCUT2D eigenvalue weighted by atomic mass is 9.83. The summed E-state index contributed by atoms with van der Waals surface area (Å²) in [6.45, 7) is 6.98. The van der Waals surface area contributed by atoms with Crippen LogP contribution in [0.1, 0.15) is 32.3 Å². The molecular weight excluding hydrogens is 238 g/mol. The fourth-order valence-electron chi connectivity index (χ4n) is 2.79.